The summed E-state index contributed by atoms with van der Waals surface area (Å²) in [4.78, 5) is 4.59. The molecule has 3 unspecified atom stereocenters. The van der Waals surface area contributed by atoms with Gasteiger partial charge >= 0.3 is 0 Å². The van der Waals surface area contributed by atoms with Gasteiger partial charge in [-0.2, -0.15) is 4.98 Å². The third-order valence-corrected chi connectivity index (χ3v) is 4.03. The lowest BCUT2D eigenvalue weighted by molar-refractivity contribution is 0.365. The van der Waals surface area contributed by atoms with Crippen LogP contribution >= 0.6 is 0 Å². The lowest BCUT2D eigenvalue weighted by Crippen LogP contribution is -2.04. The van der Waals surface area contributed by atoms with Gasteiger partial charge in [-0.15, -0.1) is 0 Å². The quantitative estimate of drug-likeness (QED) is 0.878. The molecule has 0 radical (unpaired) electrons. The van der Waals surface area contributed by atoms with E-state index < -0.39 is 0 Å². The predicted molar refractivity (Wildman–Crippen MR) is 67.6 cm³/mol. The largest absolute Gasteiger partial charge is 0.384 e. The van der Waals surface area contributed by atoms with Crippen LogP contribution in [0.2, 0.25) is 0 Å². The van der Waals surface area contributed by atoms with E-state index in [2.05, 4.69) is 40.6 Å². The molecule has 1 aromatic carbocycles. The molecule has 2 aliphatic rings. The number of nitrogens with zero attached hydrogens (tertiary/aromatic N) is 2. The molecule has 1 saturated carbocycles. The van der Waals surface area contributed by atoms with Gasteiger partial charge in [0.25, 0.3) is 0 Å². The highest BCUT2D eigenvalue weighted by Crippen LogP contribution is 2.46. The molecule has 1 aliphatic carbocycles. The van der Waals surface area contributed by atoms with Crippen LogP contribution in [0.25, 0.3) is 0 Å². The second-order valence-electron chi connectivity index (χ2n) is 5.33. The number of hydrogen-bond donors (Lipinski definition) is 1. The second kappa shape index (κ2) is 3.57. The van der Waals surface area contributed by atoms with Gasteiger partial charge in [-0.1, -0.05) is 30.3 Å². The average molecular weight is 241 g/mol. The first kappa shape index (κ1) is 10.1. The van der Waals surface area contributed by atoms with E-state index in [9.17, 15) is 0 Å². The number of para-hydroxylation sites is 1. The summed E-state index contributed by atoms with van der Waals surface area (Å²) in [5.41, 5.74) is 2.44. The van der Waals surface area contributed by atoms with Crippen molar-refractivity contribution in [3.63, 3.8) is 0 Å². The maximum atomic E-state index is 5.45. The van der Waals surface area contributed by atoms with E-state index in [1.54, 1.807) is 0 Å². The van der Waals surface area contributed by atoms with Crippen LogP contribution in [-0.2, 0) is 0 Å². The summed E-state index contributed by atoms with van der Waals surface area (Å²) in [6.45, 7) is 3.08. The van der Waals surface area contributed by atoms with Crippen LogP contribution in [0.1, 0.15) is 42.5 Å². The fourth-order valence-electron chi connectivity index (χ4n) is 2.73. The maximum absolute atomic E-state index is 5.45. The van der Waals surface area contributed by atoms with Crippen molar-refractivity contribution >= 4 is 5.69 Å². The topological polar surface area (TPSA) is 51.0 Å². The zero-order chi connectivity index (χ0) is 12.1. The first-order chi connectivity index (χ1) is 8.83. The van der Waals surface area contributed by atoms with Crippen LogP contribution < -0.4 is 5.32 Å². The minimum Gasteiger partial charge on any atom is -0.384 e. The summed E-state index contributed by atoms with van der Waals surface area (Å²) in [5, 5.41) is 7.52. The van der Waals surface area contributed by atoms with Crippen molar-refractivity contribution in [3.8, 4) is 0 Å². The van der Waals surface area contributed by atoms with Crippen molar-refractivity contribution in [2.24, 2.45) is 5.92 Å². The lowest BCUT2D eigenvalue weighted by atomic mass is 10.0. The third-order valence-electron chi connectivity index (χ3n) is 4.03. The molecule has 1 N–H and O–H groups in total. The molecule has 0 saturated heterocycles. The summed E-state index contributed by atoms with van der Waals surface area (Å²) in [6.07, 6.45) is 1.19. The van der Waals surface area contributed by atoms with E-state index in [1.807, 2.05) is 6.07 Å². The van der Waals surface area contributed by atoms with E-state index in [4.69, 9.17) is 4.52 Å². The molecular weight excluding hydrogens is 226 g/mol. The van der Waals surface area contributed by atoms with Crippen molar-refractivity contribution in [3.05, 3.63) is 41.5 Å². The lowest BCUT2D eigenvalue weighted by Gasteiger charge is -2.02. The highest BCUT2D eigenvalue weighted by Gasteiger charge is 2.39. The van der Waals surface area contributed by atoms with Crippen molar-refractivity contribution < 1.29 is 4.52 Å². The SMILES string of the molecule is CC1CC1c1noc(C2CNc3ccccc32)n1. The molecule has 4 heteroatoms. The van der Waals surface area contributed by atoms with Gasteiger partial charge in [0, 0.05) is 18.2 Å². The molecule has 1 aliphatic heterocycles. The minimum atomic E-state index is 0.205. The summed E-state index contributed by atoms with van der Waals surface area (Å²) in [6, 6.07) is 8.32. The Morgan fingerprint density at radius 1 is 1.33 bits per heavy atom. The van der Waals surface area contributed by atoms with E-state index >= 15 is 0 Å². The third kappa shape index (κ3) is 1.45. The summed E-state index contributed by atoms with van der Waals surface area (Å²) >= 11 is 0. The Morgan fingerprint density at radius 3 is 3.00 bits per heavy atom. The van der Waals surface area contributed by atoms with Gasteiger partial charge in [0.1, 0.15) is 0 Å². The Morgan fingerprint density at radius 2 is 2.17 bits per heavy atom. The number of rotatable bonds is 2. The molecule has 2 heterocycles. The van der Waals surface area contributed by atoms with E-state index in [-0.39, 0.29) is 5.92 Å². The summed E-state index contributed by atoms with van der Waals surface area (Å²) in [5.74, 6) is 3.08. The first-order valence-corrected chi connectivity index (χ1v) is 6.49. The zero-order valence-corrected chi connectivity index (χ0v) is 10.3. The molecule has 4 nitrogen and oxygen atoms in total. The van der Waals surface area contributed by atoms with Crippen molar-refractivity contribution in [2.75, 3.05) is 11.9 Å². The molecule has 1 aromatic heterocycles. The van der Waals surface area contributed by atoms with E-state index in [1.165, 1.54) is 17.7 Å². The van der Waals surface area contributed by atoms with Gasteiger partial charge in [-0.3, -0.25) is 0 Å². The monoisotopic (exact) mass is 241 g/mol. The van der Waals surface area contributed by atoms with Crippen molar-refractivity contribution in [2.45, 2.75) is 25.2 Å². The first-order valence-electron chi connectivity index (χ1n) is 6.49. The van der Waals surface area contributed by atoms with Gasteiger partial charge in [0.2, 0.25) is 5.89 Å². The van der Waals surface area contributed by atoms with Crippen LogP contribution in [0.3, 0.4) is 0 Å². The standard InChI is InChI=1S/C14H15N3O/c1-8-6-10(8)13-16-14(18-17-13)11-7-15-12-5-3-2-4-9(11)12/h2-5,8,10-11,15H,6-7H2,1H3. The van der Waals surface area contributed by atoms with Gasteiger partial charge in [0.05, 0.1) is 5.92 Å². The Hall–Kier alpha value is -1.84. The number of nitrogens with one attached hydrogen (secondary N) is 1. The normalized spacial score (nSPS) is 28.8. The Bertz CT molecular complexity index is 592. The van der Waals surface area contributed by atoms with Crippen LogP contribution in [-0.4, -0.2) is 16.7 Å². The van der Waals surface area contributed by atoms with Crippen LogP contribution in [0.5, 0.6) is 0 Å². The smallest absolute Gasteiger partial charge is 0.236 e. The van der Waals surface area contributed by atoms with E-state index in [0.717, 1.165) is 18.3 Å². The highest BCUT2D eigenvalue weighted by molar-refractivity contribution is 5.59. The Kier molecular flexibility index (Phi) is 2.01. The molecular formula is C14H15N3O. The summed E-state index contributed by atoms with van der Waals surface area (Å²) in [7, 11) is 0. The molecule has 3 atom stereocenters. The number of fused-ring (bicyclic) bond motifs is 1. The fourth-order valence-corrected chi connectivity index (χ4v) is 2.73. The van der Waals surface area contributed by atoms with Gasteiger partial charge in [-0.05, 0) is 24.0 Å². The highest BCUT2D eigenvalue weighted by atomic mass is 16.5. The van der Waals surface area contributed by atoms with Crippen molar-refractivity contribution in [1.82, 2.24) is 10.1 Å². The van der Waals surface area contributed by atoms with E-state index in [0.29, 0.717) is 11.8 Å². The van der Waals surface area contributed by atoms with Crippen LogP contribution in [0, 0.1) is 5.92 Å². The molecule has 0 bridgehead atoms. The second-order valence-corrected chi connectivity index (χ2v) is 5.33. The molecule has 92 valence electrons. The van der Waals surface area contributed by atoms with Crippen LogP contribution in [0.15, 0.2) is 28.8 Å². The van der Waals surface area contributed by atoms with Gasteiger partial charge in [0.15, 0.2) is 5.82 Å². The Labute approximate surface area is 105 Å². The number of aromatic nitrogens is 2. The van der Waals surface area contributed by atoms with Crippen LogP contribution in [0.4, 0.5) is 5.69 Å². The molecule has 4 rings (SSSR count). The van der Waals surface area contributed by atoms with Gasteiger partial charge in [-0.25, -0.2) is 0 Å². The molecule has 2 aromatic rings. The number of anilines is 1. The fraction of sp³-hybridized carbons (Fsp3) is 0.429. The summed E-state index contributed by atoms with van der Waals surface area (Å²) < 4.78 is 5.45. The average Bonchev–Trinajstić information content (AvgIpc) is 2.85. The maximum Gasteiger partial charge on any atom is 0.236 e. The molecule has 0 spiro atoms. The number of hydrogen-bond acceptors (Lipinski definition) is 4. The van der Waals surface area contributed by atoms with Crippen molar-refractivity contribution in [1.29, 1.82) is 0 Å². The molecule has 18 heavy (non-hydrogen) atoms. The number of benzene rings is 1. The molecule has 0 amide bonds. The zero-order valence-electron chi connectivity index (χ0n) is 10.3. The predicted octanol–water partition coefficient (Wildman–Crippen LogP) is 2.75. The van der Waals surface area contributed by atoms with Gasteiger partial charge < -0.3 is 9.84 Å². The Balaban J connectivity index is 1.66. The molecule has 1 fully saturated rings. The minimum absolute atomic E-state index is 0.205.